The second kappa shape index (κ2) is 9.19. The van der Waals surface area contributed by atoms with Gasteiger partial charge in [-0.25, -0.2) is 0 Å². The minimum Gasteiger partial charge on any atom is -0.366 e. The van der Waals surface area contributed by atoms with Gasteiger partial charge in [0.05, 0.1) is 0 Å². The van der Waals surface area contributed by atoms with Gasteiger partial charge in [-0.05, 0) is 79.8 Å². The van der Waals surface area contributed by atoms with Crippen molar-refractivity contribution in [1.82, 2.24) is 14.9 Å². The molecule has 34 heavy (non-hydrogen) atoms. The van der Waals surface area contributed by atoms with Crippen molar-refractivity contribution in [3.05, 3.63) is 77.1 Å². The molecule has 174 valence electrons. The van der Waals surface area contributed by atoms with Gasteiger partial charge >= 0.3 is 0 Å². The molecular weight excluding hydrogens is 426 g/mol. The number of aromatic nitrogens is 2. The SMILES string of the molecule is NC(=O)c1ccc2[nH]cc(CCCCN3CC=C(c4c[nH]c5ccc(C(N)=O)cc45)CC3)c2c1. The number of hydrogen-bond acceptors (Lipinski definition) is 3. The topological polar surface area (TPSA) is 121 Å². The quantitative estimate of drug-likeness (QED) is 0.301. The highest BCUT2D eigenvalue weighted by atomic mass is 16.1. The maximum atomic E-state index is 11.6. The molecule has 5 rings (SSSR count). The summed E-state index contributed by atoms with van der Waals surface area (Å²) in [5.74, 6) is -0.800. The second-order valence-electron chi connectivity index (χ2n) is 9.00. The molecule has 7 heteroatoms. The van der Waals surface area contributed by atoms with Crippen molar-refractivity contribution in [3.63, 3.8) is 0 Å². The molecule has 6 N–H and O–H groups in total. The Morgan fingerprint density at radius 1 is 0.882 bits per heavy atom. The van der Waals surface area contributed by atoms with Gasteiger partial charge in [0.15, 0.2) is 0 Å². The van der Waals surface area contributed by atoms with Crippen molar-refractivity contribution in [2.75, 3.05) is 19.6 Å². The fourth-order valence-corrected chi connectivity index (χ4v) is 4.89. The van der Waals surface area contributed by atoms with Crippen molar-refractivity contribution >= 4 is 39.2 Å². The van der Waals surface area contributed by atoms with E-state index in [0.29, 0.717) is 11.1 Å². The van der Waals surface area contributed by atoms with Gasteiger partial charge in [0, 0.05) is 64.0 Å². The molecule has 1 aliphatic heterocycles. The molecule has 2 aromatic carbocycles. The molecule has 0 aliphatic carbocycles. The third-order valence-electron chi connectivity index (χ3n) is 6.83. The van der Waals surface area contributed by atoms with Crippen LogP contribution in [-0.2, 0) is 6.42 Å². The number of carbonyl (C=O) groups excluding carboxylic acids is 2. The van der Waals surface area contributed by atoms with E-state index in [-0.39, 0.29) is 0 Å². The normalized spacial score (nSPS) is 14.5. The van der Waals surface area contributed by atoms with Crippen LogP contribution in [-0.4, -0.2) is 46.3 Å². The van der Waals surface area contributed by atoms with Gasteiger partial charge in [0.1, 0.15) is 0 Å². The van der Waals surface area contributed by atoms with E-state index in [1.165, 1.54) is 11.1 Å². The van der Waals surface area contributed by atoms with Crippen LogP contribution < -0.4 is 11.5 Å². The standard InChI is InChI=1S/C27H29N5O2/c28-26(33)18-4-6-24-21(13-18)20(15-30-24)3-1-2-10-32-11-8-17(9-12-32)23-16-31-25-7-5-19(27(29)34)14-22(23)25/h4-8,13-16,30-31H,1-3,9-12H2,(H2,28,33)(H2,29,34). The lowest BCUT2D eigenvalue weighted by Crippen LogP contribution is -2.29. The Labute approximate surface area is 197 Å². The van der Waals surface area contributed by atoms with Crippen LogP contribution in [0.2, 0.25) is 0 Å². The van der Waals surface area contributed by atoms with Gasteiger partial charge in [-0.1, -0.05) is 6.08 Å². The molecule has 0 fully saturated rings. The van der Waals surface area contributed by atoms with E-state index < -0.39 is 11.8 Å². The lowest BCUT2D eigenvalue weighted by Gasteiger charge is -2.26. The number of benzene rings is 2. The van der Waals surface area contributed by atoms with Gasteiger partial charge in [-0.15, -0.1) is 0 Å². The van der Waals surface area contributed by atoms with Crippen molar-refractivity contribution in [2.45, 2.75) is 25.7 Å². The molecular formula is C27H29N5O2. The van der Waals surface area contributed by atoms with E-state index in [4.69, 9.17) is 11.5 Å². The fraction of sp³-hybridized carbons (Fsp3) is 0.259. The molecule has 3 heterocycles. The Morgan fingerprint density at radius 2 is 1.56 bits per heavy atom. The summed E-state index contributed by atoms with van der Waals surface area (Å²) >= 11 is 0. The molecule has 0 radical (unpaired) electrons. The number of unbranched alkanes of at least 4 members (excludes halogenated alkanes) is 1. The number of nitrogens with one attached hydrogen (secondary N) is 2. The van der Waals surface area contributed by atoms with Gasteiger partial charge in [0.25, 0.3) is 0 Å². The number of H-pyrrole nitrogens is 2. The van der Waals surface area contributed by atoms with Crippen LogP contribution in [0, 0.1) is 0 Å². The second-order valence-corrected chi connectivity index (χ2v) is 9.00. The van der Waals surface area contributed by atoms with Gasteiger partial charge < -0.3 is 21.4 Å². The highest BCUT2D eigenvalue weighted by Gasteiger charge is 2.16. The van der Waals surface area contributed by atoms with Crippen molar-refractivity contribution in [3.8, 4) is 0 Å². The van der Waals surface area contributed by atoms with E-state index in [0.717, 1.165) is 72.7 Å². The number of hydrogen-bond donors (Lipinski definition) is 4. The molecule has 0 unspecified atom stereocenters. The maximum Gasteiger partial charge on any atom is 0.248 e. The van der Waals surface area contributed by atoms with Crippen LogP contribution in [0.5, 0.6) is 0 Å². The van der Waals surface area contributed by atoms with Crippen molar-refractivity contribution in [2.24, 2.45) is 11.5 Å². The molecule has 0 saturated heterocycles. The summed E-state index contributed by atoms with van der Waals surface area (Å²) in [7, 11) is 0. The van der Waals surface area contributed by atoms with Crippen LogP contribution >= 0.6 is 0 Å². The predicted molar refractivity (Wildman–Crippen MR) is 136 cm³/mol. The molecule has 7 nitrogen and oxygen atoms in total. The zero-order valence-electron chi connectivity index (χ0n) is 19.1. The average molecular weight is 456 g/mol. The Hall–Kier alpha value is -3.84. The Kier molecular flexibility index (Phi) is 5.94. The largest absolute Gasteiger partial charge is 0.366 e. The number of aryl methyl sites for hydroxylation is 1. The fourth-order valence-electron chi connectivity index (χ4n) is 4.89. The first kappa shape index (κ1) is 22.0. The summed E-state index contributed by atoms with van der Waals surface area (Å²) in [6.45, 7) is 2.99. The first-order valence-corrected chi connectivity index (χ1v) is 11.7. The summed E-state index contributed by atoms with van der Waals surface area (Å²) in [4.78, 5) is 32.1. The highest BCUT2D eigenvalue weighted by molar-refractivity contribution is 6.00. The van der Waals surface area contributed by atoms with E-state index >= 15 is 0 Å². The minimum absolute atomic E-state index is 0.396. The Bertz CT molecular complexity index is 1410. The molecule has 0 spiro atoms. The summed E-state index contributed by atoms with van der Waals surface area (Å²) in [5, 5.41) is 2.13. The van der Waals surface area contributed by atoms with Crippen LogP contribution in [0.4, 0.5) is 0 Å². The number of fused-ring (bicyclic) bond motifs is 2. The first-order chi connectivity index (χ1) is 16.5. The van der Waals surface area contributed by atoms with Crippen LogP contribution in [0.3, 0.4) is 0 Å². The summed E-state index contributed by atoms with van der Waals surface area (Å²) in [6.07, 6.45) is 10.5. The Balaban J connectivity index is 1.17. The van der Waals surface area contributed by atoms with E-state index in [1.54, 1.807) is 12.1 Å². The summed E-state index contributed by atoms with van der Waals surface area (Å²) in [6, 6.07) is 11.1. The number of primary amides is 2. The van der Waals surface area contributed by atoms with Crippen molar-refractivity contribution < 1.29 is 9.59 Å². The maximum absolute atomic E-state index is 11.6. The predicted octanol–water partition coefficient (Wildman–Crippen LogP) is 3.96. The van der Waals surface area contributed by atoms with Crippen LogP contribution in [0.15, 0.2) is 54.9 Å². The molecule has 0 atom stereocenters. The highest BCUT2D eigenvalue weighted by Crippen LogP contribution is 2.30. The van der Waals surface area contributed by atoms with E-state index in [2.05, 4.69) is 20.9 Å². The molecule has 0 bridgehead atoms. The summed E-state index contributed by atoms with van der Waals surface area (Å²) < 4.78 is 0. The number of nitrogens with two attached hydrogens (primary N) is 2. The first-order valence-electron chi connectivity index (χ1n) is 11.7. The third kappa shape index (κ3) is 4.34. The molecule has 0 saturated carbocycles. The zero-order valence-corrected chi connectivity index (χ0v) is 19.1. The smallest absolute Gasteiger partial charge is 0.248 e. The van der Waals surface area contributed by atoms with Gasteiger partial charge in [-0.2, -0.15) is 0 Å². The van der Waals surface area contributed by atoms with E-state index in [9.17, 15) is 9.59 Å². The van der Waals surface area contributed by atoms with E-state index in [1.807, 2.05) is 36.7 Å². The zero-order chi connectivity index (χ0) is 23.7. The molecule has 2 amide bonds. The van der Waals surface area contributed by atoms with Crippen LogP contribution in [0.1, 0.15) is 51.1 Å². The summed E-state index contributed by atoms with van der Waals surface area (Å²) in [5.41, 5.74) is 17.7. The third-order valence-corrected chi connectivity index (χ3v) is 6.83. The monoisotopic (exact) mass is 455 g/mol. The van der Waals surface area contributed by atoms with Crippen molar-refractivity contribution in [1.29, 1.82) is 0 Å². The van der Waals surface area contributed by atoms with Gasteiger partial charge in [-0.3, -0.25) is 14.5 Å². The lowest BCUT2D eigenvalue weighted by atomic mass is 9.97. The number of aromatic amines is 2. The van der Waals surface area contributed by atoms with Crippen LogP contribution in [0.25, 0.3) is 27.4 Å². The average Bonchev–Trinajstić information content (AvgIpc) is 3.45. The number of amides is 2. The number of nitrogens with zero attached hydrogens (tertiary/aromatic N) is 1. The molecule has 2 aromatic heterocycles. The Morgan fingerprint density at radius 3 is 2.24 bits per heavy atom. The van der Waals surface area contributed by atoms with Gasteiger partial charge in [0.2, 0.25) is 11.8 Å². The molecule has 1 aliphatic rings. The minimum atomic E-state index is -0.404. The molecule has 4 aromatic rings. The lowest BCUT2D eigenvalue weighted by molar-refractivity contribution is 0.0992. The number of rotatable bonds is 8. The number of carbonyl (C=O) groups is 2.